The van der Waals surface area contributed by atoms with Gasteiger partial charge in [0.2, 0.25) is 15.9 Å². The predicted molar refractivity (Wildman–Crippen MR) is 94.8 cm³/mol. The molecule has 8 heteroatoms. The first kappa shape index (κ1) is 20.4. The second-order valence-corrected chi connectivity index (χ2v) is 8.54. The maximum Gasteiger partial charge on any atom is 0.240 e. The molecule has 7 nitrogen and oxygen atoms in total. The highest BCUT2D eigenvalue weighted by Crippen LogP contribution is 2.27. The molecule has 0 spiro atoms. The highest BCUT2D eigenvalue weighted by atomic mass is 32.2. The number of rotatable bonds is 8. The smallest absolute Gasteiger partial charge is 0.240 e. The van der Waals surface area contributed by atoms with Gasteiger partial charge in [0.25, 0.3) is 0 Å². The van der Waals surface area contributed by atoms with Crippen molar-refractivity contribution in [1.82, 2.24) is 9.62 Å². The Kier molecular flexibility index (Phi) is 6.76. The van der Waals surface area contributed by atoms with Gasteiger partial charge in [0, 0.05) is 20.0 Å². The second kappa shape index (κ2) is 7.96. The first-order chi connectivity index (χ1) is 11.0. The zero-order valence-corrected chi connectivity index (χ0v) is 16.0. The molecule has 0 atom stereocenters. The van der Waals surface area contributed by atoms with Gasteiger partial charge in [0.15, 0.2) is 0 Å². The van der Waals surface area contributed by atoms with Crippen LogP contribution in [0, 0.1) is 5.41 Å². The van der Waals surface area contributed by atoms with Crippen LogP contribution in [-0.4, -0.2) is 53.5 Å². The van der Waals surface area contributed by atoms with Gasteiger partial charge in [-0.15, -0.1) is 0 Å². The molecule has 136 valence electrons. The fourth-order valence-electron chi connectivity index (χ4n) is 2.43. The molecular weight excluding hydrogens is 330 g/mol. The first-order valence-electron chi connectivity index (χ1n) is 7.57. The zero-order chi connectivity index (χ0) is 18.5. The van der Waals surface area contributed by atoms with Crippen LogP contribution in [0.4, 0.5) is 5.69 Å². The summed E-state index contributed by atoms with van der Waals surface area (Å²) in [6.45, 7) is 6.38. The summed E-state index contributed by atoms with van der Waals surface area (Å²) in [6.07, 6.45) is 0. The number of hydrogen-bond acceptors (Lipinski definition) is 5. The molecule has 0 fully saturated rings. The van der Waals surface area contributed by atoms with Gasteiger partial charge in [-0.3, -0.25) is 4.79 Å². The van der Waals surface area contributed by atoms with Gasteiger partial charge in [0.1, 0.15) is 5.75 Å². The lowest BCUT2D eigenvalue weighted by Gasteiger charge is -2.28. The summed E-state index contributed by atoms with van der Waals surface area (Å²) in [5.41, 5.74) is 0.101. The summed E-state index contributed by atoms with van der Waals surface area (Å²) < 4.78 is 32.8. The molecule has 0 saturated carbocycles. The number of ether oxygens (including phenoxy) is 1. The standard InChI is InChI=1S/C16H27N3O4S/c1-12(20)18-14-9-13(7-8-15(14)23-6)24(21,22)17-10-16(2,3)11-19(4)5/h7-9,17H,10-11H2,1-6H3,(H,18,20). The van der Waals surface area contributed by atoms with Crippen LogP contribution in [0.3, 0.4) is 0 Å². The van der Waals surface area contributed by atoms with Crippen LogP contribution in [0.1, 0.15) is 20.8 Å². The SMILES string of the molecule is COc1ccc(S(=O)(=O)NCC(C)(C)CN(C)C)cc1NC(C)=O. The molecular formula is C16H27N3O4S. The predicted octanol–water partition coefficient (Wildman–Crippen LogP) is 1.52. The van der Waals surface area contributed by atoms with Crippen molar-refractivity contribution in [1.29, 1.82) is 0 Å². The molecule has 0 heterocycles. The van der Waals surface area contributed by atoms with E-state index in [0.717, 1.165) is 6.54 Å². The molecule has 1 rings (SSSR count). The zero-order valence-electron chi connectivity index (χ0n) is 15.1. The average molecular weight is 357 g/mol. The molecule has 0 radical (unpaired) electrons. The Morgan fingerprint density at radius 2 is 1.92 bits per heavy atom. The van der Waals surface area contributed by atoms with E-state index in [1.807, 2.05) is 32.8 Å². The van der Waals surface area contributed by atoms with Crippen molar-refractivity contribution in [3.63, 3.8) is 0 Å². The number of methoxy groups -OCH3 is 1. The van der Waals surface area contributed by atoms with Crippen molar-refractivity contribution in [3.8, 4) is 5.75 Å². The van der Waals surface area contributed by atoms with E-state index in [-0.39, 0.29) is 16.2 Å². The summed E-state index contributed by atoms with van der Waals surface area (Å²) >= 11 is 0. The molecule has 0 aliphatic heterocycles. The number of benzene rings is 1. The van der Waals surface area contributed by atoms with Crippen LogP contribution in [0.25, 0.3) is 0 Å². The van der Waals surface area contributed by atoms with Crippen molar-refractivity contribution in [2.24, 2.45) is 5.41 Å². The Labute approximate surface area is 144 Å². The number of nitrogens with one attached hydrogen (secondary N) is 2. The second-order valence-electron chi connectivity index (χ2n) is 6.77. The Morgan fingerprint density at radius 1 is 1.29 bits per heavy atom. The molecule has 1 amide bonds. The molecule has 0 aromatic heterocycles. The molecule has 1 aromatic carbocycles. The van der Waals surface area contributed by atoms with E-state index in [4.69, 9.17) is 4.74 Å². The Balaban J connectivity index is 3.00. The van der Waals surface area contributed by atoms with Crippen molar-refractivity contribution in [2.75, 3.05) is 39.6 Å². The number of carbonyl (C=O) groups excluding carboxylic acids is 1. The van der Waals surface area contributed by atoms with E-state index in [1.54, 1.807) is 0 Å². The van der Waals surface area contributed by atoms with Crippen molar-refractivity contribution in [2.45, 2.75) is 25.7 Å². The van der Waals surface area contributed by atoms with Crippen LogP contribution >= 0.6 is 0 Å². The third kappa shape index (κ3) is 6.10. The van der Waals surface area contributed by atoms with Crippen molar-refractivity contribution in [3.05, 3.63) is 18.2 Å². The van der Waals surface area contributed by atoms with E-state index >= 15 is 0 Å². The van der Waals surface area contributed by atoms with Gasteiger partial charge < -0.3 is 15.0 Å². The van der Waals surface area contributed by atoms with Crippen LogP contribution in [0.15, 0.2) is 23.1 Å². The van der Waals surface area contributed by atoms with Gasteiger partial charge in [-0.2, -0.15) is 0 Å². The van der Waals surface area contributed by atoms with Crippen molar-refractivity contribution >= 4 is 21.6 Å². The van der Waals surface area contributed by atoms with Gasteiger partial charge in [-0.1, -0.05) is 13.8 Å². The monoisotopic (exact) mass is 357 g/mol. The Morgan fingerprint density at radius 3 is 2.42 bits per heavy atom. The van der Waals surface area contributed by atoms with Gasteiger partial charge in [-0.05, 0) is 37.7 Å². The van der Waals surface area contributed by atoms with Gasteiger partial charge >= 0.3 is 0 Å². The Hall–Kier alpha value is -1.64. The van der Waals surface area contributed by atoms with E-state index < -0.39 is 10.0 Å². The van der Waals surface area contributed by atoms with E-state index in [2.05, 4.69) is 10.0 Å². The minimum atomic E-state index is -3.69. The number of amides is 1. The third-order valence-corrected chi connectivity index (χ3v) is 4.68. The lowest BCUT2D eigenvalue weighted by Crippen LogP contribution is -2.39. The number of sulfonamides is 1. The molecule has 0 unspecified atom stereocenters. The summed E-state index contributed by atoms with van der Waals surface area (Å²) in [5, 5.41) is 2.57. The van der Waals surface area contributed by atoms with Gasteiger partial charge in [0.05, 0.1) is 17.7 Å². The van der Waals surface area contributed by atoms with Gasteiger partial charge in [-0.25, -0.2) is 13.1 Å². The lowest BCUT2D eigenvalue weighted by atomic mass is 9.93. The van der Waals surface area contributed by atoms with E-state index in [9.17, 15) is 13.2 Å². The minimum absolute atomic E-state index is 0.0766. The quantitative estimate of drug-likeness (QED) is 0.736. The summed E-state index contributed by atoms with van der Waals surface area (Å²) in [6, 6.07) is 4.36. The summed E-state index contributed by atoms with van der Waals surface area (Å²) in [7, 11) is 1.66. The average Bonchev–Trinajstić information content (AvgIpc) is 2.43. The van der Waals surface area contributed by atoms with Crippen LogP contribution < -0.4 is 14.8 Å². The minimum Gasteiger partial charge on any atom is -0.495 e. The van der Waals surface area contributed by atoms with E-state index in [0.29, 0.717) is 18.0 Å². The fraction of sp³-hybridized carbons (Fsp3) is 0.562. The molecule has 0 aliphatic carbocycles. The van der Waals surface area contributed by atoms with E-state index in [1.165, 1.54) is 32.2 Å². The highest BCUT2D eigenvalue weighted by molar-refractivity contribution is 7.89. The van der Waals surface area contributed by atoms with Crippen molar-refractivity contribution < 1.29 is 17.9 Å². The third-order valence-electron chi connectivity index (χ3n) is 3.28. The van der Waals surface area contributed by atoms with Crippen LogP contribution in [0.2, 0.25) is 0 Å². The number of carbonyl (C=O) groups is 1. The largest absolute Gasteiger partial charge is 0.495 e. The molecule has 24 heavy (non-hydrogen) atoms. The maximum absolute atomic E-state index is 12.5. The van der Waals surface area contributed by atoms with Crippen LogP contribution in [0.5, 0.6) is 5.75 Å². The molecule has 2 N–H and O–H groups in total. The summed E-state index contributed by atoms with van der Waals surface area (Å²) in [4.78, 5) is 13.4. The van der Waals surface area contributed by atoms with Crippen LogP contribution in [-0.2, 0) is 14.8 Å². The molecule has 0 aliphatic rings. The molecule has 1 aromatic rings. The maximum atomic E-state index is 12.5. The number of anilines is 1. The topological polar surface area (TPSA) is 87.7 Å². The normalized spacial score (nSPS) is 12.3. The fourth-order valence-corrected chi connectivity index (χ4v) is 3.69. The molecule has 0 saturated heterocycles. The lowest BCUT2D eigenvalue weighted by molar-refractivity contribution is -0.114. The highest BCUT2D eigenvalue weighted by Gasteiger charge is 2.24. The first-order valence-corrected chi connectivity index (χ1v) is 9.05. The number of hydrogen-bond donors (Lipinski definition) is 2. The molecule has 0 bridgehead atoms. The Bertz CT molecular complexity index is 685. The summed E-state index contributed by atoms with van der Waals surface area (Å²) in [5.74, 6) is 0.0972. The number of nitrogens with zero attached hydrogens (tertiary/aromatic N) is 1.